The van der Waals surface area contributed by atoms with Gasteiger partial charge < -0.3 is 10.2 Å². The van der Waals surface area contributed by atoms with Crippen molar-refractivity contribution in [3.8, 4) is 0 Å². The van der Waals surface area contributed by atoms with Crippen LogP contribution in [0.1, 0.15) is 20.8 Å². The first-order valence-corrected chi connectivity index (χ1v) is 5.65. The van der Waals surface area contributed by atoms with Crippen LogP contribution in [0.5, 0.6) is 0 Å². The highest BCUT2D eigenvalue weighted by atomic mass is 16.2. The molecule has 94 valence electrons. The number of amides is 2. The minimum atomic E-state index is -0.460. The quantitative estimate of drug-likeness (QED) is 0.693. The number of hydrogen-bond acceptors (Lipinski definition) is 3. The fourth-order valence-electron chi connectivity index (χ4n) is 1.39. The average molecular weight is 229 g/mol. The minimum Gasteiger partial charge on any atom is -0.347 e. The Morgan fingerprint density at radius 1 is 1.19 bits per heavy atom. The van der Waals surface area contributed by atoms with Gasteiger partial charge in [-0.25, -0.2) is 0 Å². The molecule has 5 heteroatoms. The Morgan fingerprint density at radius 3 is 2.06 bits per heavy atom. The van der Waals surface area contributed by atoms with Crippen LogP contribution in [0, 0.1) is 0 Å². The number of hydrogen-bond donors (Lipinski definition) is 1. The third-order valence-corrected chi connectivity index (χ3v) is 2.45. The van der Waals surface area contributed by atoms with Crippen LogP contribution in [0.2, 0.25) is 0 Å². The average Bonchev–Trinajstić information content (AvgIpc) is 2.24. The number of likely N-dealkylation sites (N-methyl/N-ethyl adjacent to an activating group) is 2. The third kappa shape index (κ3) is 5.11. The zero-order valence-corrected chi connectivity index (χ0v) is 10.9. The largest absolute Gasteiger partial charge is 0.347 e. The second kappa shape index (κ2) is 7.22. The Bertz CT molecular complexity index is 237. The Kier molecular flexibility index (Phi) is 6.72. The van der Waals surface area contributed by atoms with Crippen molar-refractivity contribution in [2.24, 2.45) is 0 Å². The van der Waals surface area contributed by atoms with Gasteiger partial charge in [-0.3, -0.25) is 14.5 Å². The number of rotatable bonds is 6. The van der Waals surface area contributed by atoms with E-state index < -0.39 is 6.04 Å². The Morgan fingerprint density at radius 2 is 1.69 bits per heavy atom. The molecular weight excluding hydrogens is 206 g/mol. The second-order valence-electron chi connectivity index (χ2n) is 3.98. The zero-order chi connectivity index (χ0) is 12.7. The standard InChI is InChI=1S/C11H23N3O2/c1-6-14(7-2)8-10(15)12-9(3)11(16)13(4)5/h9H,6-8H2,1-5H3,(H,12,15). The SMILES string of the molecule is CCN(CC)CC(=O)NC(C)C(=O)N(C)C. The van der Waals surface area contributed by atoms with Crippen molar-refractivity contribution >= 4 is 11.8 Å². The maximum absolute atomic E-state index is 11.6. The van der Waals surface area contributed by atoms with E-state index in [1.165, 1.54) is 4.90 Å². The summed E-state index contributed by atoms with van der Waals surface area (Å²) in [6.07, 6.45) is 0. The summed E-state index contributed by atoms with van der Waals surface area (Å²) in [6, 6.07) is -0.460. The van der Waals surface area contributed by atoms with Gasteiger partial charge in [0.25, 0.3) is 0 Å². The maximum Gasteiger partial charge on any atom is 0.244 e. The van der Waals surface area contributed by atoms with E-state index in [1.54, 1.807) is 21.0 Å². The van der Waals surface area contributed by atoms with E-state index in [2.05, 4.69) is 5.32 Å². The second-order valence-corrected chi connectivity index (χ2v) is 3.98. The summed E-state index contributed by atoms with van der Waals surface area (Å²) in [4.78, 5) is 26.6. The highest BCUT2D eigenvalue weighted by molar-refractivity contribution is 5.87. The van der Waals surface area contributed by atoms with E-state index in [9.17, 15) is 9.59 Å². The molecule has 0 bridgehead atoms. The van der Waals surface area contributed by atoms with Crippen LogP contribution in [0.4, 0.5) is 0 Å². The summed E-state index contributed by atoms with van der Waals surface area (Å²) in [5, 5.41) is 2.69. The molecule has 16 heavy (non-hydrogen) atoms. The van der Waals surface area contributed by atoms with Gasteiger partial charge in [0.1, 0.15) is 6.04 Å². The van der Waals surface area contributed by atoms with E-state index in [0.29, 0.717) is 6.54 Å². The molecule has 0 aliphatic carbocycles. The van der Waals surface area contributed by atoms with E-state index >= 15 is 0 Å². The Balaban J connectivity index is 4.09. The smallest absolute Gasteiger partial charge is 0.244 e. The molecular formula is C11H23N3O2. The summed E-state index contributed by atoms with van der Waals surface area (Å²) in [6.45, 7) is 7.72. The molecule has 0 aliphatic heterocycles. The minimum absolute atomic E-state index is 0.0899. The van der Waals surface area contributed by atoms with Gasteiger partial charge in [0.2, 0.25) is 11.8 Å². The van der Waals surface area contributed by atoms with Gasteiger partial charge >= 0.3 is 0 Å². The molecule has 1 atom stereocenters. The molecule has 0 aromatic carbocycles. The summed E-state index contributed by atoms with van der Waals surface area (Å²) in [7, 11) is 3.35. The van der Waals surface area contributed by atoms with Crippen LogP contribution in [0.25, 0.3) is 0 Å². The van der Waals surface area contributed by atoms with E-state index in [1.807, 2.05) is 18.7 Å². The summed E-state index contributed by atoms with van der Waals surface area (Å²) in [5.74, 6) is -0.195. The maximum atomic E-state index is 11.6. The molecule has 0 aromatic heterocycles. The van der Waals surface area contributed by atoms with Crippen molar-refractivity contribution in [1.82, 2.24) is 15.1 Å². The fourth-order valence-corrected chi connectivity index (χ4v) is 1.39. The van der Waals surface area contributed by atoms with E-state index in [4.69, 9.17) is 0 Å². The normalized spacial score (nSPS) is 12.4. The zero-order valence-electron chi connectivity index (χ0n) is 10.9. The van der Waals surface area contributed by atoms with Crippen LogP contribution < -0.4 is 5.32 Å². The molecule has 0 radical (unpaired) electrons. The van der Waals surface area contributed by atoms with Crippen molar-refractivity contribution in [1.29, 1.82) is 0 Å². The highest BCUT2D eigenvalue weighted by Gasteiger charge is 2.17. The van der Waals surface area contributed by atoms with Crippen LogP contribution >= 0.6 is 0 Å². The van der Waals surface area contributed by atoms with Gasteiger partial charge in [-0.05, 0) is 20.0 Å². The van der Waals surface area contributed by atoms with Crippen molar-refractivity contribution in [2.75, 3.05) is 33.7 Å². The molecule has 1 N–H and O–H groups in total. The first kappa shape index (κ1) is 14.9. The lowest BCUT2D eigenvalue weighted by Crippen LogP contribution is -2.47. The molecule has 1 unspecified atom stereocenters. The molecule has 0 saturated heterocycles. The number of carbonyl (C=O) groups excluding carboxylic acids is 2. The topological polar surface area (TPSA) is 52.7 Å². The lowest BCUT2D eigenvalue weighted by atomic mass is 10.3. The molecule has 0 rings (SSSR count). The van der Waals surface area contributed by atoms with Crippen molar-refractivity contribution in [3.05, 3.63) is 0 Å². The number of nitrogens with zero attached hydrogens (tertiary/aromatic N) is 2. The van der Waals surface area contributed by atoms with Gasteiger partial charge in [-0.2, -0.15) is 0 Å². The van der Waals surface area contributed by atoms with E-state index in [-0.39, 0.29) is 11.8 Å². The predicted molar refractivity (Wildman–Crippen MR) is 64.1 cm³/mol. The summed E-state index contributed by atoms with van der Waals surface area (Å²) in [5.41, 5.74) is 0. The fraction of sp³-hybridized carbons (Fsp3) is 0.818. The molecule has 0 fully saturated rings. The van der Waals surface area contributed by atoms with E-state index in [0.717, 1.165) is 13.1 Å². The lowest BCUT2D eigenvalue weighted by molar-refractivity contribution is -0.134. The molecule has 0 heterocycles. The van der Waals surface area contributed by atoms with Crippen LogP contribution in [-0.4, -0.2) is 61.4 Å². The summed E-state index contributed by atoms with van der Waals surface area (Å²) < 4.78 is 0. The Hall–Kier alpha value is -1.10. The van der Waals surface area contributed by atoms with Gasteiger partial charge in [0.15, 0.2) is 0 Å². The van der Waals surface area contributed by atoms with Crippen molar-refractivity contribution < 1.29 is 9.59 Å². The number of nitrogens with one attached hydrogen (secondary N) is 1. The predicted octanol–water partition coefficient (Wildman–Crippen LogP) is -0.0789. The third-order valence-electron chi connectivity index (χ3n) is 2.45. The molecule has 0 saturated carbocycles. The van der Waals surface area contributed by atoms with Gasteiger partial charge in [0, 0.05) is 14.1 Å². The van der Waals surface area contributed by atoms with Crippen LogP contribution in [0.15, 0.2) is 0 Å². The molecule has 2 amide bonds. The van der Waals surface area contributed by atoms with Gasteiger partial charge in [0.05, 0.1) is 6.54 Å². The molecule has 0 aliphatic rings. The first-order valence-electron chi connectivity index (χ1n) is 5.65. The van der Waals surface area contributed by atoms with Crippen LogP contribution in [0.3, 0.4) is 0 Å². The van der Waals surface area contributed by atoms with Crippen molar-refractivity contribution in [2.45, 2.75) is 26.8 Å². The monoisotopic (exact) mass is 229 g/mol. The van der Waals surface area contributed by atoms with Crippen LogP contribution in [-0.2, 0) is 9.59 Å². The summed E-state index contributed by atoms with van der Waals surface area (Å²) >= 11 is 0. The highest BCUT2D eigenvalue weighted by Crippen LogP contribution is 1.91. The lowest BCUT2D eigenvalue weighted by Gasteiger charge is -2.21. The first-order chi connectivity index (χ1) is 7.42. The molecule has 0 aromatic rings. The van der Waals surface area contributed by atoms with Gasteiger partial charge in [-0.1, -0.05) is 13.8 Å². The molecule has 5 nitrogen and oxygen atoms in total. The number of carbonyl (C=O) groups is 2. The van der Waals surface area contributed by atoms with Gasteiger partial charge in [-0.15, -0.1) is 0 Å². The van der Waals surface area contributed by atoms with Crippen molar-refractivity contribution in [3.63, 3.8) is 0 Å². The Labute approximate surface area is 97.8 Å². The molecule has 0 spiro atoms.